The molecule has 0 aromatic heterocycles. The molecule has 0 aliphatic rings. The van der Waals surface area contributed by atoms with Gasteiger partial charge in [-0.2, -0.15) is 0 Å². The van der Waals surface area contributed by atoms with Gasteiger partial charge in [-0.3, -0.25) is 0 Å². The normalized spacial score (nSPS) is 13.2. The van der Waals surface area contributed by atoms with E-state index in [1.807, 2.05) is 0 Å². The zero-order valence-corrected chi connectivity index (χ0v) is 20.0. The second-order valence-corrected chi connectivity index (χ2v) is 27.4. The van der Waals surface area contributed by atoms with Crippen LogP contribution in [0.5, 0.6) is 0 Å². The molecule has 134 valence electrons. The molecule has 3 aromatic rings. The zero-order valence-electron chi connectivity index (χ0n) is 16.3. The minimum atomic E-state index is -2.08. The van der Waals surface area contributed by atoms with E-state index >= 15 is 0 Å². The van der Waals surface area contributed by atoms with Crippen LogP contribution in [0.15, 0.2) is 91.0 Å². The summed E-state index contributed by atoms with van der Waals surface area (Å²) in [7, 11) is 0. The van der Waals surface area contributed by atoms with E-state index in [0.717, 1.165) is 0 Å². The van der Waals surface area contributed by atoms with Crippen LogP contribution < -0.4 is 15.9 Å². The summed E-state index contributed by atoms with van der Waals surface area (Å²) in [5, 5.41) is 4.37. The van der Waals surface area contributed by atoms with E-state index < -0.39 is 25.3 Å². The third-order valence-corrected chi connectivity index (χ3v) is 18.6. The SMILES string of the molecule is C[CH](C=P(c1ccccc1)(c1ccccc1)c1ccccc1)[Sn]([CH3])([CH3])[CH3]. The van der Waals surface area contributed by atoms with Crippen LogP contribution in [0.3, 0.4) is 0 Å². The van der Waals surface area contributed by atoms with Crippen molar-refractivity contribution >= 4 is 47.0 Å². The molecule has 3 rings (SSSR count). The number of hydrogen-bond donors (Lipinski definition) is 0. The van der Waals surface area contributed by atoms with Crippen molar-refractivity contribution in [2.24, 2.45) is 0 Å². The molecule has 1 atom stereocenters. The van der Waals surface area contributed by atoms with Crippen LogP contribution in [-0.2, 0) is 0 Å². The fourth-order valence-corrected chi connectivity index (χ4v) is 13.5. The molecule has 0 nitrogen and oxygen atoms in total. The van der Waals surface area contributed by atoms with E-state index in [1.165, 1.54) is 15.9 Å². The Balaban J connectivity index is 2.42. The van der Waals surface area contributed by atoms with E-state index in [4.69, 9.17) is 0 Å². The van der Waals surface area contributed by atoms with Crippen LogP contribution in [0, 0.1) is 0 Å². The van der Waals surface area contributed by atoms with Crippen molar-refractivity contribution in [1.82, 2.24) is 0 Å². The van der Waals surface area contributed by atoms with Crippen LogP contribution in [0.25, 0.3) is 0 Å². The Bertz CT molecular complexity index is 774. The van der Waals surface area contributed by atoms with Crippen LogP contribution >= 0.6 is 6.89 Å². The van der Waals surface area contributed by atoms with Gasteiger partial charge in [0.1, 0.15) is 0 Å². The summed E-state index contributed by atoms with van der Waals surface area (Å²) in [6.07, 6.45) is 0. The zero-order chi connectivity index (χ0) is 18.6. The van der Waals surface area contributed by atoms with Gasteiger partial charge < -0.3 is 0 Å². The average molecular weight is 467 g/mol. The first-order chi connectivity index (χ1) is 12.4. The molecular weight excluding hydrogens is 438 g/mol. The van der Waals surface area contributed by atoms with Crippen molar-refractivity contribution in [2.45, 2.75) is 25.7 Å². The summed E-state index contributed by atoms with van der Waals surface area (Å²) in [5.74, 6) is 2.75. The molecule has 0 bridgehead atoms. The first-order valence-corrected chi connectivity index (χ1v) is 21.4. The summed E-state index contributed by atoms with van der Waals surface area (Å²) in [5.41, 5.74) is 0. The Morgan fingerprint density at radius 2 is 0.923 bits per heavy atom. The van der Waals surface area contributed by atoms with Crippen molar-refractivity contribution in [3.8, 4) is 0 Å². The molecule has 0 heterocycles. The van der Waals surface area contributed by atoms with Gasteiger partial charge in [0, 0.05) is 0 Å². The van der Waals surface area contributed by atoms with Gasteiger partial charge in [0.25, 0.3) is 0 Å². The maximum absolute atomic E-state index is 2.75. The molecule has 0 aliphatic heterocycles. The molecule has 0 amide bonds. The van der Waals surface area contributed by atoms with Crippen molar-refractivity contribution in [3.05, 3.63) is 91.0 Å². The van der Waals surface area contributed by atoms with E-state index in [-0.39, 0.29) is 0 Å². The molecule has 2 heteroatoms. The van der Waals surface area contributed by atoms with Crippen molar-refractivity contribution in [3.63, 3.8) is 0 Å². The van der Waals surface area contributed by atoms with Gasteiger partial charge >= 0.3 is 164 Å². The molecule has 0 aliphatic carbocycles. The van der Waals surface area contributed by atoms with Gasteiger partial charge in [0.2, 0.25) is 0 Å². The second kappa shape index (κ2) is 8.19. The first-order valence-electron chi connectivity index (χ1n) is 9.36. The molecule has 0 saturated carbocycles. The molecule has 0 fully saturated rings. The predicted octanol–water partition coefficient (Wildman–Crippen LogP) is 5.51. The summed E-state index contributed by atoms with van der Waals surface area (Å²) >= 11 is -2.08. The van der Waals surface area contributed by atoms with Gasteiger partial charge in [-0.15, -0.1) is 0 Å². The summed E-state index contributed by atoms with van der Waals surface area (Å²) in [4.78, 5) is 7.64. The van der Waals surface area contributed by atoms with E-state index in [0.29, 0.717) is 3.93 Å². The van der Waals surface area contributed by atoms with Gasteiger partial charge in [0.05, 0.1) is 0 Å². The maximum atomic E-state index is 2.75. The molecular formula is C24H29PSn. The first kappa shape index (κ1) is 19.5. The van der Waals surface area contributed by atoms with Crippen LogP contribution in [-0.4, -0.2) is 24.2 Å². The predicted molar refractivity (Wildman–Crippen MR) is 124 cm³/mol. The number of rotatable bonds is 5. The molecule has 26 heavy (non-hydrogen) atoms. The van der Waals surface area contributed by atoms with Crippen molar-refractivity contribution in [1.29, 1.82) is 0 Å². The Morgan fingerprint density at radius 1 is 0.615 bits per heavy atom. The second-order valence-electron chi connectivity index (χ2n) is 8.03. The minimum absolute atomic E-state index is 0.693. The number of benzene rings is 3. The van der Waals surface area contributed by atoms with E-state index in [1.54, 1.807) is 0 Å². The molecule has 0 saturated heterocycles. The molecule has 0 radical (unpaired) electrons. The Kier molecular flexibility index (Phi) is 6.15. The molecule has 0 N–H and O–H groups in total. The average Bonchev–Trinajstić information content (AvgIpc) is 2.67. The van der Waals surface area contributed by atoms with Gasteiger partial charge in [-0.25, -0.2) is 0 Å². The number of hydrogen-bond acceptors (Lipinski definition) is 0. The van der Waals surface area contributed by atoms with Gasteiger partial charge in [0.15, 0.2) is 0 Å². The third-order valence-electron chi connectivity index (χ3n) is 5.30. The van der Waals surface area contributed by atoms with Gasteiger partial charge in [-0.1, -0.05) is 0 Å². The Hall–Kier alpha value is -1.24. The van der Waals surface area contributed by atoms with Crippen LogP contribution in [0.2, 0.25) is 18.8 Å². The van der Waals surface area contributed by atoms with Crippen molar-refractivity contribution < 1.29 is 0 Å². The Morgan fingerprint density at radius 3 is 1.19 bits per heavy atom. The molecule has 1 unspecified atom stereocenters. The molecule has 3 aromatic carbocycles. The summed E-state index contributed by atoms with van der Waals surface area (Å²) in [6, 6.07) is 33.5. The fraction of sp³-hybridized carbons (Fsp3) is 0.208. The van der Waals surface area contributed by atoms with Gasteiger partial charge in [-0.05, 0) is 0 Å². The summed E-state index contributed by atoms with van der Waals surface area (Å²) < 4.78 is 0.693. The standard InChI is InChI=1S/C21H20P.3CH3.Sn/c1-2-18-22(19-12-6-3-7-13-19,20-14-8-4-9-15-20)21-16-10-5-11-17-21;;;;/h2-18H,1H3;3*1H3;. The van der Waals surface area contributed by atoms with Crippen molar-refractivity contribution in [2.75, 3.05) is 0 Å². The molecule has 0 spiro atoms. The quantitative estimate of drug-likeness (QED) is 0.343. The third kappa shape index (κ3) is 4.02. The topological polar surface area (TPSA) is 0 Å². The van der Waals surface area contributed by atoms with Crippen LogP contribution in [0.1, 0.15) is 6.92 Å². The fourth-order valence-electron chi connectivity index (χ4n) is 3.25. The van der Waals surface area contributed by atoms with E-state index in [9.17, 15) is 0 Å². The Labute approximate surface area is 163 Å². The monoisotopic (exact) mass is 468 g/mol. The van der Waals surface area contributed by atoms with E-state index in [2.05, 4.69) is 119 Å². The van der Waals surface area contributed by atoms with Crippen LogP contribution in [0.4, 0.5) is 0 Å². The summed E-state index contributed by atoms with van der Waals surface area (Å²) in [6.45, 7) is 0.680.